The van der Waals surface area contributed by atoms with Gasteiger partial charge in [-0.1, -0.05) is 6.07 Å². The first-order valence-electron chi connectivity index (χ1n) is 7.44. The Bertz CT molecular complexity index is 1220. The van der Waals surface area contributed by atoms with Crippen molar-refractivity contribution in [3.05, 3.63) is 52.4 Å². The highest BCUT2D eigenvalue weighted by Crippen LogP contribution is 2.35. The van der Waals surface area contributed by atoms with E-state index >= 15 is 0 Å². The van der Waals surface area contributed by atoms with Crippen LogP contribution in [0.4, 0.5) is 13.8 Å². The van der Waals surface area contributed by atoms with Crippen molar-refractivity contribution >= 4 is 42.6 Å². The molecule has 1 aromatic carbocycles. The van der Waals surface area contributed by atoms with Gasteiger partial charge in [-0.3, -0.25) is 4.31 Å². The van der Waals surface area contributed by atoms with Crippen molar-refractivity contribution in [3.63, 3.8) is 0 Å². The molecule has 0 unspecified atom stereocenters. The molecule has 0 radical (unpaired) electrons. The number of carboxylic acid groups (broad SMARTS) is 1. The monoisotopic (exact) mass is 431 g/mol. The quantitative estimate of drug-likeness (QED) is 0.638. The van der Waals surface area contributed by atoms with Gasteiger partial charge in [-0.05, 0) is 18.2 Å². The standard InChI is InChI=1S/C16H11F2NO7S2/c1-19(28(23,24)9-4-2-3-8(5-9)25-16(17)18)13-7-11-12(27-13)6-10(14(20)21)15(22)26-11/h2-7,16H,1H3,(H,20,21). The van der Waals surface area contributed by atoms with E-state index in [0.717, 1.165) is 27.8 Å². The minimum absolute atomic E-state index is 0.0202. The number of sulfonamides is 1. The average molecular weight is 431 g/mol. The van der Waals surface area contributed by atoms with Crippen molar-refractivity contribution < 1.29 is 36.3 Å². The fourth-order valence-electron chi connectivity index (χ4n) is 2.29. The van der Waals surface area contributed by atoms with Crippen LogP contribution >= 0.6 is 11.3 Å². The highest BCUT2D eigenvalue weighted by molar-refractivity contribution is 7.93. The normalized spacial score (nSPS) is 11.7. The third-order valence-corrected chi connectivity index (χ3v) is 6.66. The second kappa shape index (κ2) is 7.20. The van der Waals surface area contributed by atoms with E-state index in [2.05, 4.69) is 4.74 Å². The smallest absolute Gasteiger partial charge is 0.387 e. The fraction of sp³-hybridized carbons (Fsp3) is 0.125. The number of anilines is 1. The Balaban J connectivity index is 2.02. The molecule has 148 valence electrons. The van der Waals surface area contributed by atoms with Crippen LogP contribution in [0.3, 0.4) is 0 Å². The molecule has 3 aromatic rings. The number of fused-ring (bicyclic) bond motifs is 1. The van der Waals surface area contributed by atoms with E-state index in [4.69, 9.17) is 9.52 Å². The van der Waals surface area contributed by atoms with Gasteiger partial charge in [0, 0.05) is 19.2 Å². The molecule has 0 bridgehead atoms. The van der Waals surface area contributed by atoms with Crippen LogP contribution < -0.4 is 14.7 Å². The molecule has 0 aliphatic rings. The molecule has 2 heterocycles. The summed E-state index contributed by atoms with van der Waals surface area (Å²) in [6, 6.07) is 6.96. The fourth-order valence-corrected chi connectivity index (χ4v) is 4.72. The Morgan fingerprint density at radius 2 is 2.00 bits per heavy atom. The number of aromatic carboxylic acids is 1. The Hall–Kier alpha value is -2.99. The Morgan fingerprint density at radius 1 is 1.29 bits per heavy atom. The van der Waals surface area contributed by atoms with E-state index in [9.17, 15) is 26.8 Å². The minimum atomic E-state index is -4.15. The van der Waals surface area contributed by atoms with Gasteiger partial charge in [-0.2, -0.15) is 8.78 Å². The van der Waals surface area contributed by atoms with Crippen LogP contribution in [0.1, 0.15) is 10.4 Å². The third-order valence-electron chi connectivity index (χ3n) is 3.64. The maximum Gasteiger partial charge on any atom is 0.387 e. The third kappa shape index (κ3) is 3.68. The van der Waals surface area contributed by atoms with Gasteiger partial charge in [-0.15, -0.1) is 11.3 Å². The molecule has 1 N–H and O–H groups in total. The number of halogens is 2. The molecule has 3 rings (SSSR count). The molecule has 8 nitrogen and oxygen atoms in total. The van der Waals surface area contributed by atoms with E-state index in [0.29, 0.717) is 0 Å². The molecule has 0 saturated carbocycles. The van der Waals surface area contributed by atoms with Gasteiger partial charge < -0.3 is 14.3 Å². The van der Waals surface area contributed by atoms with Crippen LogP contribution in [0.15, 0.2) is 50.5 Å². The van der Waals surface area contributed by atoms with Crippen molar-refractivity contribution in [2.75, 3.05) is 11.4 Å². The largest absolute Gasteiger partial charge is 0.477 e. The number of benzene rings is 1. The lowest BCUT2D eigenvalue weighted by Crippen LogP contribution is -2.25. The molecule has 28 heavy (non-hydrogen) atoms. The number of ether oxygens (including phenoxy) is 1. The lowest BCUT2D eigenvalue weighted by molar-refractivity contribution is -0.0500. The average Bonchev–Trinajstić information content (AvgIpc) is 3.02. The van der Waals surface area contributed by atoms with E-state index in [1.54, 1.807) is 0 Å². The SMILES string of the molecule is CN(c1cc2oc(=O)c(C(=O)O)cc2s1)S(=O)(=O)c1cccc(OC(F)F)c1. The molecule has 0 fully saturated rings. The van der Waals surface area contributed by atoms with Crippen molar-refractivity contribution in [3.8, 4) is 5.75 Å². The Morgan fingerprint density at radius 3 is 2.64 bits per heavy atom. The number of thiophene rings is 1. The van der Waals surface area contributed by atoms with Crippen molar-refractivity contribution in [1.29, 1.82) is 0 Å². The lowest BCUT2D eigenvalue weighted by Gasteiger charge is -2.17. The number of rotatable bonds is 6. The zero-order valence-corrected chi connectivity index (χ0v) is 15.6. The van der Waals surface area contributed by atoms with Crippen LogP contribution in [0.2, 0.25) is 0 Å². The van der Waals surface area contributed by atoms with E-state index in [-0.39, 0.29) is 25.9 Å². The first-order chi connectivity index (χ1) is 13.1. The van der Waals surface area contributed by atoms with Crippen LogP contribution in [0, 0.1) is 0 Å². The number of alkyl halides is 2. The molecular weight excluding hydrogens is 420 g/mol. The predicted octanol–water partition coefficient (Wildman–Crippen LogP) is 2.98. The summed E-state index contributed by atoms with van der Waals surface area (Å²) in [7, 11) is -2.93. The highest BCUT2D eigenvalue weighted by atomic mass is 32.2. The summed E-state index contributed by atoms with van der Waals surface area (Å²) in [6.07, 6.45) is 0. The van der Waals surface area contributed by atoms with Crippen molar-refractivity contribution in [2.45, 2.75) is 11.5 Å². The number of carboxylic acids is 1. The second-order valence-corrected chi connectivity index (χ2v) is 8.42. The second-order valence-electron chi connectivity index (χ2n) is 5.39. The topological polar surface area (TPSA) is 114 Å². The van der Waals surface area contributed by atoms with Gasteiger partial charge in [0.2, 0.25) is 0 Å². The van der Waals surface area contributed by atoms with Gasteiger partial charge in [0.05, 0.1) is 9.60 Å². The minimum Gasteiger partial charge on any atom is -0.477 e. The van der Waals surface area contributed by atoms with Crippen LogP contribution in [-0.4, -0.2) is 33.2 Å². The van der Waals surface area contributed by atoms with E-state index in [1.807, 2.05) is 0 Å². The summed E-state index contributed by atoms with van der Waals surface area (Å²) in [5.74, 6) is -1.79. The molecule has 0 spiro atoms. The summed E-state index contributed by atoms with van der Waals surface area (Å²) in [5, 5.41) is 9.11. The van der Waals surface area contributed by atoms with Crippen LogP contribution in [0.5, 0.6) is 5.75 Å². The molecule has 2 aromatic heterocycles. The lowest BCUT2D eigenvalue weighted by atomic mass is 10.3. The predicted molar refractivity (Wildman–Crippen MR) is 96.0 cm³/mol. The molecule has 0 aliphatic carbocycles. The highest BCUT2D eigenvalue weighted by Gasteiger charge is 2.25. The van der Waals surface area contributed by atoms with Crippen LogP contribution in [-0.2, 0) is 10.0 Å². The summed E-state index contributed by atoms with van der Waals surface area (Å²) < 4.78 is 60.5. The number of carbonyl (C=O) groups is 1. The van der Waals surface area contributed by atoms with Gasteiger partial charge in [0.15, 0.2) is 5.58 Å². The van der Waals surface area contributed by atoms with Gasteiger partial charge >= 0.3 is 18.2 Å². The molecular formula is C16H11F2NO7S2. The maximum atomic E-state index is 12.8. The molecule has 0 amide bonds. The summed E-state index contributed by atoms with van der Waals surface area (Å²) in [5.41, 5.74) is -1.62. The summed E-state index contributed by atoms with van der Waals surface area (Å²) in [4.78, 5) is 22.4. The molecule has 0 aliphatic heterocycles. The number of hydrogen-bond acceptors (Lipinski definition) is 7. The summed E-state index contributed by atoms with van der Waals surface area (Å²) in [6.45, 7) is -3.11. The van der Waals surface area contributed by atoms with Crippen molar-refractivity contribution in [2.24, 2.45) is 0 Å². The first kappa shape index (κ1) is 19.8. The van der Waals surface area contributed by atoms with E-state index in [1.165, 1.54) is 31.3 Å². The van der Waals surface area contributed by atoms with Gasteiger partial charge in [-0.25, -0.2) is 18.0 Å². The zero-order chi connectivity index (χ0) is 20.6. The van der Waals surface area contributed by atoms with Gasteiger partial charge in [0.25, 0.3) is 10.0 Å². The number of hydrogen-bond donors (Lipinski definition) is 1. The number of nitrogens with zero attached hydrogens (tertiary/aromatic N) is 1. The van der Waals surface area contributed by atoms with Crippen LogP contribution in [0.25, 0.3) is 10.3 Å². The Labute approximate surface area is 160 Å². The molecule has 12 heteroatoms. The Kier molecular flexibility index (Phi) is 5.08. The first-order valence-corrected chi connectivity index (χ1v) is 9.70. The molecule has 0 atom stereocenters. The summed E-state index contributed by atoms with van der Waals surface area (Å²) >= 11 is 0.882. The maximum absolute atomic E-state index is 12.8. The van der Waals surface area contributed by atoms with E-state index < -0.39 is 33.8 Å². The zero-order valence-electron chi connectivity index (χ0n) is 14.0. The molecule has 0 saturated heterocycles. The van der Waals surface area contributed by atoms with Crippen molar-refractivity contribution in [1.82, 2.24) is 0 Å². The van der Waals surface area contributed by atoms with Gasteiger partial charge in [0.1, 0.15) is 16.3 Å².